The Hall–Kier alpha value is -3.32. The van der Waals surface area contributed by atoms with Crippen LogP contribution in [0.3, 0.4) is 0 Å². The topological polar surface area (TPSA) is 75.7 Å². The van der Waals surface area contributed by atoms with Gasteiger partial charge in [-0.2, -0.15) is 0 Å². The number of para-hydroxylation sites is 2. The molecule has 0 unspecified atom stereocenters. The summed E-state index contributed by atoms with van der Waals surface area (Å²) in [6, 6.07) is 22.2. The maximum atomic E-state index is 13.4. The first-order valence-corrected chi connectivity index (χ1v) is 13.7. The maximum Gasteiger partial charge on any atom is 0.263 e. The van der Waals surface area contributed by atoms with Gasteiger partial charge in [0.15, 0.2) is 6.10 Å². The highest BCUT2D eigenvalue weighted by atomic mass is 32.2. The fourth-order valence-corrected chi connectivity index (χ4v) is 6.46. The molecular weight excluding hydrogens is 460 g/mol. The number of rotatable bonds is 6. The predicted octanol–water partition coefficient (Wildman–Crippen LogP) is 4.54. The normalized spacial score (nSPS) is 18.1. The van der Waals surface area contributed by atoms with Crippen molar-refractivity contribution in [2.24, 2.45) is 0 Å². The number of carbonyl (C=O) groups is 1. The molecule has 35 heavy (non-hydrogen) atoms. The molecule has 0 spiro atoms. The Kier molecular flexibility index (Phi) is 6.52. The van der Waals surface area contributed by atoms with Crippen molar-refractivity contribution in [3.63, 3.8) is 0 Å². The first-order chi connectivity index (χ1) is 16.9. The Bertz CT molecular complexity index is 1320. The van der Waals surface area contributed by atoms with Crippen molar-refractivity contribution in [2.45, 2.75) is 50.5 Å². The number of nitrogens with zero attached hydrogens (tertiary/aromatic N) is 1. The average molecular weight is 491 g/mol. The van der Waals surface area contributed by atoms with Crippen LogP contribution in [0.25, 0.3) is 0 Å². The highest BCUT2D eigenvalue weighted by molar-refractivity contribution is 7.92. The van der Waals surface area contributed by atoms with Gasteiger partial charge in [0.2, 0.25) is 10.0 Å². The summed E-state index contributed by atoms with van der Waals surface area (Å²) in [6.07, 6.45) is 3.65. The summed E-state index contributed by atoms with van der Waals surface area (Å²) in [5.74, 6) is -0.0937. The van der Waals surface area contributed by atoms with Gasteiger partial charge in [-0.15, -0.1) is 0 Å². The number of fused-ring (bicyclic) bond motifs is 2. The lowest BCUT2D eigenvalue weighted by Crippen LogP contribution is -2.51. The molecule has 1 N–H and O–H groups in total. The molecule has 0 aromatic heterocycles. The molecule has 0 saturated heterocycles. The molecule has 1 amide bonds. The van der Waals surface area contributed by atoms with E-state index >= 15 is 0 Å². The molecule has 0 fully saturated rings. The molecule has 0 bridgehead atoms. The second-order valence-corrected chi connectivity index (χ2v) is 11.2. The molecular formula is C28H30N2O4S. The van der Waals surface area contributed by atoms with Gasteiger partial charge in [0.25, 0.3) is 5.91 Å². The van der Waals surface area contributed by atoms with Crippen LogP contribution < -0.4 is 14.4 Å². The van der Waals surface area contributed by atoms with Crippen LogP contribution in [0, 0.1) is 0 Å². The number of hydrogen-bond donors (Lipinski definition) is 1. The van der Waals surface area contributed by atoms with Crippen molar-refractivity contribution in [3.05, 3.63) is 95.1 Å². The minimum Gasteiger partial charge on any atom is -0.476 e. The Labute approximate surface area is 207 Å². The SMILES string of the molecule is C[C@H](NC(=O)[C@@H]1CN(S(=O)(=O)Cc2ccccc2)c2ccccc2O1)c1ccc2c(c1)CCCC2. The zero-order valence-electron chi connectivity index (χ0n) is 19.8. The first kappa shape index (κ1) is 23.4. The number of amides is 1. The summed E-state index contributed by atoms with van der Waals surface area (Å²) in [6.45, 7) is 1.87. The fraction of sp³-hybridized carbons (Fsp3) is 0.321. The zero-order valence-corrected chi connectivity index (χ0v) is 20.6. The van der Waals surface area contributed by atoms with Gasteiger partial charge in [0, 0.05) is 0 Å². The fourth-order valence-electron chi connectivity index (χ4n) is 4.88. The van der Waals surface area contributed by atoms with E-state index in [1.165, 1.54) is 28.3 Å². The van der Waals surface area contributed by atoms with Crippen LogP contribution in [0.5, 0.6) is 5.75 Å². The van der Waals surface area contributed by atoms with Crippen LogP contribution in [-0.2, 0) is 33.4 Å². The lowest BCUT2D eigenvalue weighted by molar-refractivity contribution is -0.128. The zero-order chi connectivity index (χ0) is 24.4. The number of hydrogen-bond acceptors (Lipinski definition) is 4. The van der Waals surface area contributed by atoms with E-state index < -0.39 is 16.1 Å². The van der Waals surface area contributed by atoms with Gasteiger partial charge in [-0.25, -0.2) is 8.42 Å². The van der Waals surface area contributed by atoms with Crippen molar-refractivity contribution >= 4 is 21.6 Å². The van der Waals surface area contributed by atoms with Crippen molar-refractivity contribution in [1.29, 1.82) is 0 Å². The summed E-state index contributed by atoms with van der Waals surface area (Å²) in [4.78, 5) is 13.3. The molecule has 3 aromatic rings. The molecule has 182 valence electrons. The monoisotopic (exact) mass is 490 g/mol. The Morgan fingerprint density at radius 1 is 1.00 bits per heavy atom. The van der Waals surface area contributed by atoms with Crippen LogP contribution in [0.4, 0.5) is 5.69 Å². The van der Waals surface area contributed by atoms with Gasteiger partial charge >= 0.3 is 0 Å². The molecule has 1 heterocycles. The summed E-state index contributed by atoms with van der Waals surface area (Å²) in [7, 11) is -3.73. The van der Waals surface area contributed by atoms with Crippen molar-refractivity contribution in [1.82, 2.24) is 5.32 Å². The van der Waals surface area contributed by atoms with Crippen LogP contribution in [0.1, 0.15) is 48.1 Å². The lowest BCUT2D eigenvalue weighted by Gasteiger charge is -2.35. The molecule has 0 saturated carbocycles. The lowest BCUT2D eigenvalue weighted by atomic mass is 9.89. The van der Waals surface area contributed by atoms with Crippen LogP contribution in [-0.4, -0.2) is 27.0 Å². The molecule has 5 rings (SSSR count). The molecule has 3 aromatic carbocycles. The van der Waals surface area contributed by atoms with Gasteiger partial charge in [-0.3, -0.25) is 9.10 Å². The molecule has 1 aliphatic carbocycles. The van der Waals surface area contributed by atoms with E-state index in [-0.39, 0.29) is 24.2 Å². The number of anilines is 1. The highest BCUT2D eigenvalue weighted by Crippen LogP contribution is 2.36. The summed E-state index contributed by atoms with van der Waals surface area (Å²) in [5, 5.41) is 3.04. The van der Waals surface area contributed by atoms with E-state index in [2.05, 4.69) is 23.5 Å². The second kappa shape index (κ2) is 9.74. The predicted molar refractivity (Wildman–Crippen MR) is 137 cm³/mol. The van der Waals surface area contributed by atoms with Gasteiger partial charge in [-0.05, 0) is 67.0 Å². The molecule has 2 aliphatic rings. The summed E-state index contributed by atoms with van der Waals surface area (Å²) in [5.41, 5.74) is 4.94. The Morgan fingerprint density at radius 2 is 1.71 bits per heavy atom. The van der Waals surface area contributed by atoms with E-state index in [9.17, 15) is 13.2 Å². The van der Waals surface area contributed by atoms with Gasteiger partial charge in [0.1, 0.15) is 5.75 Å². The third kappa shape index (κ3) is 5.05. The van der Waals surface area contributed by atoms with E-state index in [1.807, 2.05) is 25.1 Å². The smallest absolute Gasteiger partial charge is 0.263 e. The number of ether oxygens (including phenoxy) is 1. The number of aryl methyl sites for hydroxylation is 2. The van der Waals surface area contributed by atoms with Crippen LogP contribution in [0.2, 0.25) is 0 Å². The third-order valence-electron chi connectivity index (χ3n) is 6.79. The molecule has 0 radical (unpaired) electrons. The molecule has 2 atom stereocenters. The average Bonchev–Trinajstić information content (AvgIpc) is 2.88. The van der Waals surface area contributed by atoms with E-state index in [0.29, 0.717) is 17.0 Å². The maximum absolute atomic E-state index is 13.4. The van der Waals surface area contributed by atoms with Crippen molar-refractivity contribution < 1.29 is 17.9 Å². The second-order valence-electron chi connectivity index (χ2n) is 9.31. The summed E-state index contributed by atoms with van der Waals surface area (Å²) >= 11 is 0. The summed E-state index contributed by atoms with van der Waals surface area (Å²) < 4.78 is 34.1. The molecule has 7 heteroatoms. The Morgan fingerprint density at radius 3 is 2.51 bits per heavy atom. The highest BCUT2D eigenvalue weighted by Gasteiger charge is 2.37. The van der Waals surface area contributed by atoms with E-state index in [0.717, 1.165) is 18.4 Å². The number of nitrogens with one attached hydrogen (secondary N) is 1. The standard InChI is InChI=1S/C28H30N2O4S/c1-20(23-16-15-22-11-5-6-12-24(22)17-23)29-28(31)27-18-30(25-13-7-8-14-26(25)34-27)35(32,33)19-21-9-3-2-4-10-21/h2-4,7-10,13-17,20,27H,5-6,11-12,18-19H2,1H3,(H,29,31)/t20-,27-/m0/s1. The van der Waals surface area contributed by atoms with Crippen LogP contribution in [0.15, 0.2) is 72.8 Å². The van der Waals surface area contributed by atoms with Gasteiger partial charge in [-0.1, -0.05) is 60.7 Å². The Balaban J connectivity index is 1.35. The number of carbonyl (C=O) groups excluding carboxylic acids is 1. The quantitative estimate of drug-likeness (QED) is 0.551. The number of benzene rings is 3. The van der Waals surface area contributed by atoms with Gasteiger partial charge in [0.05, 0.1) is 24.0 Å². The van der Waals surface area contributed by atoms with Crippen LogP contribution >= 0.6 is 0 Å². The molecule has 1 aliphatic heterocycles. The van der Waals surface area contributed by atoms with Crippen molar-refractivity contribution in [3.8, 4) is 5.75 Å². The number of sulfonamides is 1. The largest absolute Gasteiger partial charge is 0.476 e. The minimum absolute atomic E-state index is 0.0745. The third-order valence-corrected chi connectivity index (χ3v) is 8.50. The van der Waals surface area contributed by atoms with Gasteiger partial charge < -0.3 is 10.1 Å². The minimum atomic E-state index is -3.73. The first-order valence-electron chi connectivity index (χ1n) is 12.1. The van der Waals surface area contributed by atoms with E-state index in [1.54, 1.807) is 36.4 Å². The molecule has 6 nitrogen and oxygen atoms in total. The van der Waals surface area contributed by atoms with Crippen molar-refractivity contribution in [2.75, 3.05) is 10.8 Å². The van der Waals surface area contributed by atoms with E-state index in [4.69, 9.17) is 4.74 Å².